The molecule has 0 amide bonds. The molecule has 0 aliphatic rings. The number of benzene rings is 1. The molecule has 0 radical (unpaired) electrons. The van der Waals surface area contributed by atoms with E-state index < -0.39 is 10.2 Å². The molecule has 4 N–H and O–H groups in total. The normalized spacial score (nSPS) is 13.2. The third kappa shape index (κ3) is 6.55. The summed E-state index contributed by atoms with van der Waals surface area (Å²) in [5.74, 6) is 0.528. The monoisotopic (exact) mass is 274 g/mol. The number of aliphatic hydroxyl groups is 1. The Morgan fingerprint density at radius 3 is 2.56 bits per heavy atom. The van der Waals surface area contributed by atoms with Crippen LogP contribution < -0.4 is 14.6 Å². The Labute approximate surface area is 107 Å². The number of ether oxygens (including phenoxy) is 1. The lowest BCUT2D eigenvalue weighted by atomic mass is 10.1. The summed E-state index contributed by atoms with van der Waals surface area (Å²) in [6, 6.07) is 9.27. The van der Waals surface area contributed by atoms with E-state index in [1.165, 1.54) is 0 Å². The first-order valence-electron chi connectivity index (χ1n) is 5.57. The van der Waals surface area contributed by atoms with E-state index in [0.29, 0.717) is 13.0 Å². The van der Waals surface area contributed by atoms with Crippen molar-refractivity contribution in [1.82, 2.24) is 4.72 Å². The minimum absolute atomic E-state index is 0.105. The van der Waals surface area contributed by atoms with Crippen LogP contribution in [-0.2, 0) is 10.2 Å². The lowest BCUT2D eigenvalue weighted by Gasteiger charge is -2.14. The van der Waals surface area contributed by atoms with Crippen LogP contribution in [0, 0.1) is 5.92 Å². The van der Waals surface area contributed by atoms with Gasteiger partial charge < -0.3 is 9.84 Å². The average Bonchev–Trinajstić information content (AvgIpc) is 2.33. The zero-order chi connectivity index (χ0) is 13.4. The van der Waals surface area contributed by atoms with Gasteiger partial charge in [-0.25, -0.2) is 9.86 Å². The van der Waals surface area contributed by atoms with Crippen LogP contribution in [0.3, 0.4) is 0 Å². The largest absolute Gasteiger partial charge is 0.494 e. The molecule has 0 saturated carbocycles. The molecule has 1 rings (SSSR count). The van der Waals surface area contributed by atoms with Gasteiger partial charge in [-0.1, -0.05) is 18.2 Å². The number of aliphatic hydroxyl groups excluding tert-OH is 1. The first-order chi connectivity index (χ1) is 8.51. The van der Waals surface area contributed by atoms with Crippen LogP contribution in [0.5, 0.6) is 5.75 Å². The first-order valence-corrected chi connectivity index (χ1v) is 7.12. The van der Waals surface area contributed by atoms with E-state index in [0.717, 1.165) is 5.75 Å². The molecule has 0 aliphatic heterocycles. The summed E-state index contributed by atoms with van der Waals surface area (Å²) >= 11 is 0. The second-order valence-corrected chi connectivity index (χ2v) is 5.27. The summed E-state index contributed by atoms with van der Waals surface area (Å²) in [4.78, 5) is 0. The predicted molar refractivity (Wildman–Crippen MR) is 68.2 cm³/mol. The van der Waals surface area contributed by atoms with E-state index in [1.54, 1.807) is 0 Å². The van der Waals surface area contributed by atoms with Gasteiger partial charge in [0.2, 0.25) is 0 Å². The maximum atomic E-state index is 10.7. The van der Waals surface area contributed by atoms with Crippen LogP contribution >= 0.6 is 0 Å². The van der Waals surface area contributed by atoms with E-state index in [-0.39, 0.29) is 19.1 Å². The van der Waals surface area contributed by atoms with E-state index in [9.17, 15) is 8.42 Å². The van der Waals surface area contributed by atoms with E-state index in [4.69, 9.17) is 15.0 Å². The van der Waals surface area contributed by atoms with E-state index >= 15 is 0 Å². The van der Waals surface area contributed by atoms with E-state index in [2.05, 4.69) is 4.72 Å². The molecule has 6 nitrogen and oxygen atoms in total. The first kappa shape index (κ1) is 14.9. The molecular weight excluding hydrogens is 256 g/mol. The van der Waals surface area contributed by atoms with Crippen molar-refractivity contribution < 1.29 is 18.3 Å². The smallest absolute Gasteiger partial charge is 0.274 e. The summed E-state index contributed by atoms with van der Waals surface area (Å²) in [7, 11) is -3.71. The van der Waals surface area contributed by atoms with Gasteiger partial charge in [0.25, 0.3) is 10.2 Å². The Morgan fingerprint density at radius 1 is 1.33 bits per heavy atom. The Bertz CT molecular complexity index is 436. The van der Waals surface area contributed by atoms with Crippen molar-refractivity contribution in [3.63, 3.8) is 0 Å². The second kappa shape index (κ2) is 7.32. The minimum atomic E-state index is -3.71. The predicted octanol–water partition coefficient (Wildman–Crippen LogP) is -0.143. The van der Waals surface area contributed by atoms with Gasteiger partial charge in [0, 0.05) is 13.2 Å². The van der Waals surface area contributed by atoms with Crippen molar-refractivity contribution in [3.05, 3.63) is 30.3 Å². The molecule has 1 aromatic carbocycles. The van der Waals surface area contributed by atoms with Crippen molar-refractivity contribution in [3.8, 4) is 5.75 Å². The molecule has 0 saturated heterocycles. The minimum Gasteiger partial charge on any atom is -0.494 e. The van der Waals surface area contributed by atoms with Gasteiger partial charge in [0.1, 0.15) is 5.75 Å². The molecule has 0 bridgehead atoms. The number of rotatable bonds is 8. The topological polar surface area (TPSA) is 102 Å². The highest BCUT2D eigenvalue weighted by molar-refractivity contribution is 7.87. The number of hydrogen-bond donors (Lipinski definition) is 3. The average molecular weight is 274 g/mol. The molecule has 102 valence electrons. The SMILES string of the molecule is NS(=O)(=O)NCC(CO)CCOc1ccccc1. The van der Waals surface area contributed by atoms with Gasteiger partial charge >= 0.3 is 0 Å². The molecule has 18 heavy (non-hydrogen) atoms. The van der Waals surface area contributed by atoms with Crippen LogP contribution in [0.2, 0.25) is 0 Å². The van der Waals surface area contributed by atoms with Gasteiger partial charge in [-0.2, -0.15) is 8.42 Å². The summed E-state index contributed by atoms with van der Waals surface area (Å²) in [5.41, 5.74) is 0. The highest BCUT2D eigenvalue weighted by Gasteiger charge is 2.10. The van der Waals surface area contributed by atoms with Crippen LogP contribution in [-0.4, -0.2) is 33.3 Å². The van der Waals surface area contributed by atoms with Crippen LogP contribution in [0.4, 0.5) is 0 Å². The highest BCUT2D eigenvalue weighted by Crippen LogP contribution is 2.10. The fourth-order valence-corrected chi connectivity index (χ4v) is 1.82. The third-order valence-corrected chi connectivity index (χ3v) is 2.94. The fourth-order valence-electron chi connectivity index (χ4n) is 1.35. The summed E-state index contributed by atoms with van der Waals surface area (Å²) in [5, 5.41) is 13.9. The second-order valence-electron chi connectivity index (χ2n) is 3.89. The number of nitrogens with two attached hydrogens (primary N) is 1. The van der Waals surface area contributed by atoms with Gasteiger partial charge in [0.05, 0.1) is 6.61 Å². The van der Waals surface area contributed by atoms with Crippen molar-refractivity contribution in [2.75, 3.05) is 19.8 Å². The van der Waals surface area contributed by atoms with Gasteiger partial charge in [0.15, 0.2) is 0 Å². The molecule has 0 fully saturated rings. The summed E-state index contributed by atoms with van der Waals surface area (Å²) in [6.45, 7) is 0.385. The van der Waals surface area contributed by atoms with Crippen molar-refractivity contribution in [2.45, 2.75) is 6.42 Å². The number of nitrogens with one attached hydrogen (secondary N) is 1. The van der Waals surface area contributed by atoms with Gasteiger partial charge in [-0.15, -0.1) is 0 Å². The van der Waals surface area contributed by atoms with Crippen molar-refractivity contribution in [2.24, 2.45) is 11.1 Å². The molecule has 7 heteroatoms. The maximum absolute atomic E-state index is 10.7. The molecule has 1 atom stereocenters. The Kier molecular flexibility index (Phi) is 6.06. The Hall–Kier alpha value is -1.15. The van der Waals surface area contributed by atoms with Crippen LogP contribution in [0.1, 0.15) is 6.42 Å². The Morgan fingerprint density at radius 2 is 2.00 bits per heavy atom. The molecule has 0 heterocycles. The standard InChI is InChI=1S/C11H18N2O4S/c12-18(15,16)13-8-10(9-14)6-7-17-11-4-2-1-3-5-11/h1-5,10,13-14H,6-9H2,(H2,12,15,16). The summed E-state index contributed by atoms with van der Waals surface area (Å²) in [6.07, 6.45) is 0.536. The van der Waals surface area contributed by atoms with Gasteiger partial charge in [-0.05, 0) is 24.5 Å². The summed E-state index contributed by atoms with van der Waals surface area (Å²) < 4.78 is 29.0. The van der Waals surface area contributed by atoms with Crippen molar-refractivity contribution in [1.29, 1.82) is 0 Å². The molecule has 0 aliphatic carbocycles. The number of hydrogen-bond acceptors (Lipinski definition) is 4. The van der Waals surface area contributed by atoms with E-state index in [1.807, 2.05) is 30.3 Å². The maximum Gasteiger partial charge on any atom is 0.274 e. The lowest BCUT2D eigenvalue weighted by Crippen LogP contribution is -2.36. The van der Waals surface area contributed by atoms with Gasteiger partial charge in [-0.3, -0.25) is 0 Å². The van der Waals surface area contributed by atoms with Crippen LogP contribution in [0.25, 0.3) is 0 Å². The highest BCUT2D eigenvalue weighted by atomic mass is 32.2. The zero-order valence-electron chi connectivity index (χ0n) is 9.95. The van der Waals surface area contributed by atoms with Crippen LogP contribution in [0.15, 0.2) is 30.3 Å². The zero-order valence-corrected chi connectivity index (χ0v) is 10.8. The lowest BCUT2D eigenvalue weighted by molar-refractivity contribution is 0.193. The molecule has 0 spiro atoms. The quantitative estimate of drug-likeness (QED) is 0.614. The molecule has 0 aromatic heterocycles. The Balaban J connectivity index is 2.27. The third-order valence-electron chi connectivity index (χ3n) is 2.37. The fraction of sp³-hybridized carbons (Fsp3) is 0.455. The molecule has 1 aromatic rings. The molecule has 1 unspecified atom stereocenters. The molecular formula is C11H18N2O4S. The number of para-hydroxylation sites is 1. The van der Waals surface area contributed by atoms with Crippen molar-refractivity contribution >= 4 is 10.2 Å².